The molecule has 23 heavy (non-hydrogen) atoms. The van der Waals surface area contributed by atoms with Crippen molar-refractivity contribution < 1.29 is 4.79 Å². The maximum absolute atomic E-state index is 12.7. The summed E-state index contributed by atoms with van der Waals surface area (Å²) in [5.74, 6) is 0.965. The molecule has 5 nitrogen and oxygen atoms in total. The topological polar surface area (TPSA) is 64.2 Å². The Balaban J connectivity index is 1.48. The van der Waals surface area contributed by atoms with Crippen molar-refractivity contribution in [2.24, 2.45) is 17.1 Å². The van der Waals surface area contributed by atoms with Crippen LogP contribution in [0.4, 0.5) is 0 Å². The van der Waals surface area contributed by atoms with Crippen LogP contribution in [0.2, 0.25) is 0 Å². The number of hydrogen-bond acceptors (Lipinski definition) is 3. The predicted octanol–water partition coefficient (Wildman–Crippen LogP) is 2.42. The van der Waals surface area contributed by atoms with E-state index in [1.54, 1.807) is 0 Å². The zero-order valence-electron chi connectivity index (χ0n) is 14.1. The lowest BCUT2D eigenvalue weighted by atomic mass is 9.71. The molecule has 0 spiro atoms. The smallest absolute Gasteiger partial charge is 0.223 e. The van der Waals surface area contributed by atoms with Gasteiger partial charge in [-0.1, -0.05) is 19.3 Å². The number of amides is 1. The second-order valence-corrected chi connectivity index (χ2v) is 7.49. The molecule has 1 aromatic heterocycles. The number of nitrogens with two attached hydrogens (primary N) is 1. The number of likely N-dealkylation sites (tertiary alicyclic amines) is 1. The van der Waals surface area contributed by atoms with Crippen LogP contribution in [-0.4, -0.2) is 40.2 Å². The summed E-state index contributed by atoms with van der Waals surface area (Å²) in [7, 11) is 0. The molecule has 1 saturated carbocycles. The van der Waals surface area contributed by atoms with Crippen LogP contribution < -0.4 is 5.73 Å². The first-order valence-corrected chi connectivity index (χ1v) is 9.16. The van der Waals surface area contributed by atoms with Crippen LogP contribution >= 0.6 is 0 Å². The molecular formula is C18H30N4O. The van der Waals surface area contributed by atoms with Crippen molar-refractivity contribution >= 4 is 5.91 Å². The molecule has 0 radical (unpaired) electrons. The molecular weight excluding hydrogens is 288 g/mol. The van der Waals surface area contributed by atoms with Crippen LogP contribution in [-0.2, 0) is 11.3 Å². The van der Waals surface area contributed by atoms with E-state index < -0.39 is 0 Å². The Morgan fingerprint density at radius 3 is 2.57 bits per heavy atom. The summed E-state index contributed by atoms with van der Waals surface area (Å²) in [6.45, 7) is 3.42. The fourth-order valence-corrected chi connectivity index (χ4v) is 4.23. The van der Waals surface area contributed by atoms with Gasteiger partial charge in [0.15, 0.2) is 0 Å². The summed E-state index contributed by atoms with van der Waals surface area (Å²) in [4.78, 5) is 14.8. The van der Waals surface area contributed by atoms with Crippen molar-refractivity contribution in [2.45, 2.75) is 57.9 Å². The lowest BCUT2D eigenvalue weighted by Gasteiger charge is -2.39. The van der Waals surface area contributed by atoms with E-state index in [-0.39, 0.29) is 5.41 Å². The maximum atomic E-state index is 12.7. The summed E-state index contributed by atoms with van der Waals surface area (Å²) >= 11 is 0. The van der Waals surface area contributed by atoms with E-state index in [1.165, 1.54) is 19.3 Å². The second kappa shape index (κ2) is 7.47. The number of hydrogen-bond donors (Lipinski definition) is 1. The molecule has 0 aromatic carbocycles. The Kier molecular flexibility index (Phi) is 5.36. The highest BCUT2D eigenvalue weighted by Gasteiger charge is 2.35. The number of carbonyl (C=O) groups excluding carboxylic acids is 1. The van der Waals surface area contributed by atoms with Gasteiger partial charge in [-0.25, -0.2) is 0 Å². The minimum absolute atomic E-state index is 0.0846. The third-order valence-corrected chi connectivity index (χ3v) is 5.85. The highest BCUT2D eigenvalue weighted by molar-refractivity contribution is 5.77. The Hall–Kier alpha value is -1.36. The Labute approximate surface area is 139 Å². The van der Waals surface area contributed by atoms with E-state index in [0.717, 1.165) is 45.3 Å². The molecule has 3 rings (SSSR count). The van der Waals surface area contributed by atoms with Crippen LogP contribution in [0.25, 0.3) is 0 Å². The Bertz CT molecular complexity index is 485. The lowest BCUT2D eigenvalue weighted by Crippen LogP contribution is -2.44. The molecule has 1 amide bonds. The molecule has 1 saturated heterocycles. The van der Waals surface area contributed by atoms with Crippen molar-refractivity contribution in [3.63, 3.8) is 0 Å². The summed E-state index contributed by atoms with van der Waals surface area (Å²) < 4.78 is 2.01. The highest BCUT2D eigenvalue weighted by Crippen LogP contribution is 2.39. The van der Waals surface area contributed by atoms with Gasteiger partial charge in [0, 0.05) is 38.4 Å². The van der Waals surface area contributed by atoms with E-state index in [2.05, 4.69) is 10.00 Å². The Morgan fingerprint density at radius 1 is 1.22 bits per heavy atom. The second-order valence-electron chi connectivity index (χ2n) is 7.49. The first kappa shape index (κ1) is 16.5. The van der Waals surface area contributed by atoms with Crippen molar-refractivity contribution in [1.29, 1.82) is 0 Å². The largest absolute Gasteiger partial charge is 0.343 e. The average Bonchev–Trinajstić information content (AvgIpc) is 3.09. The summed E-state index contributed by atoms with van der Waals surface area (Å²) in [5.41, 5.74) is 6.12. The third kappa shape index (κ3) is 4.14. The standard InChI is InChI=1S/C18H30N4O/c19-15-18(7-2-1-3-8-18)13-17(23)21-11-5-16(6-12-21)14-22-10-4-9-20-22/h4,9-10,16H,1-3,5-8,11-15,19H2. The van der Waals surface area contributed by atoms with E-state index in [9.17, 15) is 4.79 Å². The minimum atomic E-state index is 0.0846. The zero-order chi connectivity index (χ0) is 16.1. The molecule has 1 aliphatic heterocycles. The van der Waals surface area contributed by atoms with Crippen LogP contribution in [0.15, 0.2) is 18.5 Å². The highest BCUT2D eigenvalue weighted by atomic mass is 16.2. The van der Waals surface area contributed by atoms with Crippen molar-refractivity contribution in [3.05, 3.63) is 18.5 Å². The number of piperidine rings is 1. The number of rotatable bonds is 5. The van der Waals surface area contributed by atoms with Crippen molar-refractivity contribution in [2.75, 3.05) is 19.6 Å². The molecule has 0 atom stereocenters. The van der Waals surface area contributed by atoms with Crippen LogP contribution in [0.3, 0.4) is 0 Å². The van der Waals surface area contributed by atoms with Crippen molar-refractivity contribution in [3.8, 4) is 0 Å². The molecule has 2 heterocycles. The lowest BCUT2D eigenvalue weighted by molar-refractivity contribution is -0.135. The van der Waals surface area contributed by atoms with Gasteiger partial charge in [0.1, 0.15) is 0 Å². The number of nitrogens with zero attached hydrogens (tertiary/aromatic N) is 3. The molecule has 0 bridgehead atoms. The number of carbonyl (C=O) groups is 1. The molecule has 2 aliphatic rings. The van der Waals surface area contributed by atoms with Gasteiger partial charge in [0.05, 0.1) is 0 Å². The predicted molar refractivity (Wildman–Crippen MR) is 90.7 cm³/mol. The van der Waals surface area contributed by atoms with Gasteiger partial charge in [-0.2, -0.15) is 5.10 Å². The van der Waals surface area contributed by atoms with Crippen LogP contribution in [0.5, 0.6) is 0 Å². The first-order chi connectivity index (χ1) is 11.2. The van der Waals surface area contributed by atoms with Gasteiger partial charge in [0.25, 0.3) is 0 Å². The van der Waals surface area contributed by atoms with Gasteiger partial charge in [-0.15, -0.1) is 0 Å². The molecule has 2 fully saturated rings. The van der Waals surface area contributed by atoms with E-state index in [0.29, 0.717) is 24.8 Å². The van der Waals surface area contributed by atoms with Gasteiger partial charge in [-0.05, 0) is 49.6 Å². The molecule has 5 heteroatoms. The van der Waals surface area contributed by atoms with E-state index >= 15 is 0 Å². The summed E-state index contributed by atoms with van der Waals surface area (Å²) in [6, 6.07) is 1.97. The molecule has 128 valence electrons. The quantitative estimate of drug-likeness (QED) is 0.907. The van der Waals surface area contributed by atoms with Gasteiger partial charge >= 0.3 is 0 Å². The maximum Gasteiger partial charge on any atom is 0.223 e. The Morgan fingerprint density at radius 2 is 1.96 bits per heavy atom. The summed E-state index contributed by atoms with van der Waals surface area (Å²) in [5, 5.41) is 4.28. The normalized spacial score (nSPS) is 22.2. The van der Waals surface area contributed by atoms with Crippen molar-refractivity contribution in [1.82, 2.24) is 14.7 Å². The van der Waals surface area contributed by atoms with E-state index in [4.69, 9.17) is 5.73 Å². The average molecular weight is 318 g/mol. The fraction of sp³-hybridized carbons (Fsp3) is 0.778. The molecule has 1 aromatic rings. The molecule has 2 N–H and O–H groups in total. The van der Waals surface area contributed by atoms with E-state index in [1.807, 2.05) is 23.1 Å². The van der Waals surface area contributed by atoms with Crippen LogP contribution in [0, 0.1) is 11.3 Å². The number of aromatic nitrogens is 2. The van der Waals surface area contributed by atoms with Gasteiger partial charge < -0.3 is 10.6 Å². The van der Waals surface area contributed by atoms with Gasteiger partial charge in [-0.3, -0.25) is 9.48 Å². The molecule has 0 unspecified atom stereocenters. The molecule has 1 aliphatic carbocycles. The third-order valence-electron chi connectivity index (χ3n) is 5.85. The van der Waals surface area contributed by atoms with Crippen LogP contribution in [0.1, 0.15) is 51.4 Å². The minimum Gasteiger partial charge on any atom is -0.343 e. The monoisotopic (exact) mass is 318 g/mol. The first-order valence-electron chi connectivity index (χ1n) is 9.16. The zero-order valence-corrected chi connectivity index (χ0v) is 14.1. The van der Waals surface area contributed by atoms with Gasteiger partial charge in [0.2, 0.25) is 5.91 Å². The SMILES string of the molecule is NCC1(CC(=O)N2CCC(Cn3cccn3)CC2)CCCCC1. The summed E-state index contributed by atoms with van der Waals surface area (Å²) in [6.07, 6.45) is 12.7. The fourth-order valence-electron chi connectivity index (χ4n) is 4.23.